The van der Waals surface area contributed by atoms with Crippen molar-refractivity contribution < 1.29 is 4.52 Å². The fourth-order valence-electron chi connectivity index (χ4n) is 1.96. The lowest BCUT2D eigenvalue weighted by atomic mass is 10.1. The summed E-state index contributed by atoms with van der Waals surface area (Å²) in [6.07, 6.45) is 1.01. The third-order valence-corrected chi connectivity index (χ3v) is 4.13. The molecule has 1 atom stereocenters. The predicted octanol–water partition coefficient (Wildman–Crippen LogP) is 3.41. The Kier molecular flexibility index (Phi) is 3.62. The van der Waals surface area contributed by atoms with E-state index in [2.05, 4.69) is 29.2 Å². The smallest absolute Gasteiger partial charge is 0.249 e. The van der Waals surface area contributed by atoms with Crippen LogP contribution in [0.4, 0.5) is 0 Å². The fourth-order valence-corrected chi connectivity index (χ4v) is 2.68. The van der Waals surface area contributed by atoms with Gasteiger partial charge in [0, 0.05) is 10.4 Å². The summed E-state index contributed by atoms with van der Waals surface area (Å²) < 4.78 is 5.28. The quantitative estimate of drug-likeness (QED) is 0.797. The van der Waals surface area contributed by atoms with Gasteiger partial charge in [-0.05, 0) is 23.4 Å². The van der Waals surface area contributed by atoms with Gasteiger partial charge in [-0.1, -0.05) is 42.4 Å². The van der Waals surface area contributed by atoms with Crippen LogP contribution in [-0.2, 0) is 6.42 Å². The standard InChI is InChI=1S/C15H15N3OS/c1-2-10-5-7-11(8-6-10)14-17-15(19-18-14)13(16)12-4-3-9-20-12/h3-9,13H,2,16H2,1H3. The third-order valence-electron chi connectivity index (χ3n) is 3.18. The van der Waals surface area contributed by atoms with Crippen molar-refractivity contribution in [2.45, 2.75) is 19.4 Å². The summed E-state index contributed by atoms with van der Waals surface area (Å²) in [6, 6.07) is 11.7. The second-order valence-electron chi connectivity index (χ2n) is 4.50. The van der Waals surface area contributed by atoms with Crippen molar-refractivity contribution in [3.05, 3.63) is 58.1 Å². The number of nitrogens with zero attached hydrogens (tertiary/aromatic N) is 2. The van der Waals surface area contributed by atoms with E-state index >= 15 is 0 Å². The normalized spacial score (nSPS) is 12.5. The molecule has 1 unspecified atom stereocenters. The first kappa shape index (κ1) is 13.0. The Hall–Kier alpha value is -1.98. The van der Waals surface area contributed by atoms with E-state index in [1.807, 2.05) is 29.6 Å². The number of nitrogens with two attached hydrogens (primary N) is 1. The van der Waals surface area contributed by atoms with Gasteiger partial charge >= 0.3 is 0 Å². The van der Waals surface area contributed by atoms with E-state index in [0.717, 1.165) is 16.9 Å². The highest BCUT2D eigenvalue weighted by atomic mass is 32.1. The Labute approximate surface area is 121 Å². The van der Waals surface area contributed by atoms with Crippen molar-refractivity contribution in [3.8, 4) is 11.4 Å². The Morgan fingerprint density at radius 2 is 2.05 bits per heavy atom. The zero-order valence-electron chi connectivity index (χ0n) is 11.1. The van der Waals surface area contributed by atoms with E-state index in [1.165, 1.54) is 5.56 Å². The number of aromatic nitrogens is 2. The summed E-state index contributed by atoms with van der Waals surface area (Å²) in [7, 11) is 0. The highest BCUT2D eigenvalue weighted by Gasteiger charge is 2.18. The first-order chi connectivity index (χ1) is 9.78. The Bertz CT molecular complexity index is 673. The largest absolute Gasteiger partial charge is 0.337 e. The molecule has 2 heterocycles. The average molecular weight is 285 g/mol. The molecular weight excluding hydrogens is 270 g/mol. The Morgan fingerprint density at radius 1 is 1.25 bits per heavy atom. The maximum Gasteiger partial charge on any atom is 0.249 e. The molecule has 2 N–H and O–H groups in total. The predicted molar refractivity (Wildman–Crippen MR) is 79.5 cm³/mol. The van der Waals surface area contributed by atoms with Crippen molar-refractivity contribution in [1.29, 1.82) is 0 Å². The van der Waals surface area contributed by atoms with Crippen LogP contribution in [-0.4, -0.2) is 10.1 Å². The van der Waals surface area contributed by atoms with Gasteiger partial charge in [0.1, 0.15) is 6.04 Å². The van der Waals surface area contributed by atoms with Crippen LogP contribution in [0.3, 0.4) is 0 Å². The van der Waals surface area contributed by atoms with Crippen LogP contribution < -0.4 is 5.73 Å². The second-order valence-corrected chi connectivity index (χ2v) is 5.48. The highest BCUT2D eigenvalue weighted by Crippen LogP contribution is 2.24. The number of hydrogen-bond donors (Lipinski definition) is 1. The van der Waals surface area contributed by atoms with E-state index in [1.54, 1.807) is 11.3 Å². The zero-order chi connectivity index (χ0) is 13.9. The zero-order valence-corrected chi connectivity index (χ0v) is 11.9. The molecule has 20 heavy (non-hydrogen) atoms. The van der Waals surface area contributed by atoms with Crippen LogP contribution >= 0.6 is 11.3 Å². The van der Waals surface area contributed by atoms with Crippen molar-refractivity contribution in [3.63, 3.8) is 0 Å². The molecule has 0 fully saturated rings. The minimum absolute atomic E-state index is 0.355. The number of rotatable bonds is 4. The first-order valence-electron chi connectivity index (χ1n) is 6.50. The van der Waals surface area contributed by atoms with E-state index in [0.29, 0.717) is 11.7 Å². The summed E-state index contributed by atoms with van der Waals surface area (Å²) in [6.45, 7) is 2.13. The number of aryl methyl sites for hydroxylation is 1. The summed E-state index contributed by atoms with van der Waals surface area (Å²) in [5, 5.41) is 5.99. The number of hydrogen-bond acceptors (Lipinski definition) is 5. The maximum atomic E-state index is 6.11. The molecule has 0 saturated carbocycles. The summed E-state index contributed by atoms with van der Waals surface area (Å²) >= 11 is 1.58. The van der Waals surface area contributed by atoms with Crippen LogP contribution in [0.15, 0.2) is 46.3 Å². The second kappa shape index (κ2) is 5.56. The van der Waals surface area contributed by atoms with E-state index in [9.17, 15) is 0 Å². The molecule has 0 amide bonds. The molecule has 102 valence electrons. The van der Waals surface area contributed by atoms with Crippen LogP contribution in [0, 0.1) is 0 Å². The van der Waals surface area contributed by atoms with Crippen LogP contribution in [0.25, 0.3) is 11.4 Å². The van der Waals surface area contributed by atoms with Gasteiger partial charge in [0.15, 0.2) is 0 Å². The average Bonchev–Trinajstić information content (AvgIpc) is 3.18. The molecule has 0 bridgehead atoms. The van der Waals surface area contributed by atoms with E-state index < -0.39 is 0 Å². The van der Waals surface area contributed by atoms with Gasteiger partial charge in [-0.25, -0.2) is 0 Å². The van der Waals surface area contributed by atoms with E-state index in [-0.39, 0.29) is 6.04 Å². The SMILES string of the molecule is CCc1ccc(-c2noc(C(N)c3cccs3)n2)cc1. The van der Waals surface area contributed by atoms with Crippen molar-refractivity contribution in [1.82, 2.24) is 10.1 Å². The minimum atomic E-state index is -0.355. The summed E-state index contributed by atoms with van der Waals surface area (Å²) in [5.74, 6) is 1.02. The van der Waals surface area contributed by atoms with E-state index in [4.69, 9.17) is 10.3 Å². The monoisotopic (exact) mass is 285 g/mol. The summed E-state index contributed by atoms with van der Waals surface area (Å²) in [5.41, 5.74) is 8.34. The molecule has 1 aromatic carbocycles. The molecule has 0 aliphatic heterocycles. The third kappa shape index (κ3) is 2.50. The van der Waals surface area contributed by atoms with Crippen molar-refractivity contribution in [2.75, 3.05) is 0 Å². The molecular formula is C15H15N3OS. The van der Waals surface area contributed by atoms with Gasteiger partial charge in [0.25, 0.3) is 0 Å². The van der Waals surface area contributed by atoms with Gasteiger partial charge in [-0.2, -0.15) is 4.98 Å². The fraction of sp³-hybridized carbons (Fsp3) is 0.200. The Balaban J connectivity index is 1.86. The van der Waals surface area contributed by atoms with Crippen molar-refractivity contribution >= 4 is 11.3 Å². The highest BCUT2D eigenvalue weighted by molar-refractivity contribution is 7.10. The van der Waals surface area contributed by atoms with Crippen LogP contribution in [0.1, 0.15) is 29.3 Å². The molecule has 0 aliphatic carbocycles. The lowest BCUT2D eigenvalue weighted by Crippen LogP contribution is -2.10. The molecule has 0 aliphatic rings. The number of thiophene rings is 1. The van der Waals surface area contributed by atoms with Gasteiger partial charge in [0.05, 0.1) is 0 Å². The molecule has 0 spiro atoms. The molecule has 0 saturated heterocycles. The van der Waals surface area contributed by atoms with Crippen LogP contribution in [0.5, 0.6) is 0 Å². The molecule has 0 radical (unpaired) electrons. The first-order valence-corrected chi connectivity index (χ1v) is 7.38. The molecule has 3 aromatic rings. The lowest BCUT2D eigenvalue weighted by Gasteiger charge is -2.01. The van der Waals surface area contributed by atoms with Gasteiger partial charge in [0.2, 0.25) is 11.7 Å². The number of benzene rings is 1. The van der Waals surface area contributed by atoms with Gasteiger partial charge in [-0.3, -0.25) is 0 Å². The van der Waals surface area contributed by atoms with Gasteiger partial charge < -0.3 is 10.3 Å². The summed E-state index contributed by atoms with van der Waals surface area (Å²) in [4.78, 5) is 5.41. The Morgan fingerprint density at radius 3 is 2.70 bits per heavy atom. The molecule has 5 heteroatoms. The minimum Gasteiger partial charge on any atom is -0.337 e. The maximum absolute atomic E-state index is 6.11. The van der Waals surface area contributed by atoms with Crippen LogP contribution in [0.2, 0.25) is 0 Å². The molecule has 4 nitrogen and oxygen atoms in total. The van der Waals surface area contributed by atoms with Gasteiger partial charge in [-0.15, -0.1) is 11.3 Å². The van der Waals surface area contributed by atoms with Crippen molar-refractivity contribution in [2.24, 2.45) is 5.73 Å². The molecule has 2 aromatic heterocycles. The molecule has 3 rings (SSSR count). The topological polar surface area (TPSA) is 64.9 Å². The lowest BCUT2D eigenvalue weighted by molar-refractivity contribution is 0.368.